The first-order valence-electron chi connectivity index (χ1n) is 8.27. The normalized spacial score (nSPS) is 29.4. The van der Waals surface area contributed by atoms with Crippen LogP contribution in [0, 0.1) is 6.92 Å². The summed E-state index contributed by atoms with van der Waals surface area (Å²) in [6.45, 7) is 4.50. The van der Waals surface area contributed by atoms with Gasteiger partial charge >= 0.3 is 0 Å². The van der Waals surface area contributed by atoms with Gasteiger partial charge in [0.1, 0.15) is 16.8 Å². The fourth-order valence-electron chi connectivity index (χ4n) is 3.76. The monoisotopic (exact) mass is 306 g/mol. The standard InChI is InChI=1S/C16H23ClN4/c1-10-14(17)19-16(11-5-6-11)20-15(10)18-12-7-9-21-8-3-2-4-13(12)21/h11-13H,2-9H2,1H3,(H,18,19,20). The van der Waals surface area contributed by atoms with Crippen molar-refractivity contribution in [1.82, 2.24) is 14.9 Å². The van der Waals surface area contributed by atoms with E-state index in [1.807, 2.05) is 6.92 Å². The molecule has 1 saturated carbocycles. The molecule has 3 fully saturated rings. The fraction of sp³-hybridized carbons (Fsp3) is 0.750. The van der Waals surface area contributed by atoms with Crippen LogP contribution in [-0.2, 0) is 0 Å². The van der Waals surface area contributed by atoms with Crippen LogP contribution < -0.4 is 5.32 Å². The van der Waals surface area contributed by atoms with E-state index < -0.39 is 0 Å². The summed E-state index contributed by atoms with van der Waals surface area (Å²) in [5.74, 6) is 2.44. The van der Waals surface area contributed by atoms with E-state index in [1.54, 1.807) is 0 Å². The highest BCUT2D eigenvalue weighted by Gasteiger charge is 2.36. The maximum Gasteiger partial charge on any atom is 0.137 e. The van der Waals surface area contributed by atoms with Crippen LogP contribution in [0.25, 0.3) is 0 Å². The molecule has 5 heteroatoms. The molecule has 4 rings (SSSR count). The molecule has 2 saturated heterocycles. The van der Waals surface area contributed by atoms with Crippen molar-refractivity contribution < 1.29 is 0 Å². The van der Waals surface area contributed by atoms with E-state index in [0.29, 0.717) is 23.2 Å². The highest BCUT2D eigenvalue weighted by Crippen LogP contribution is 2.40. The highest BCUT2D eigenvalue weighted by atomic mass is 35.5. The fourth-order valence-corrected chi connectivity index (χ4v) is 3.94. The number of nitrogens with one attached hydrogen (secondary N) is 1. The second kappa shape index (κ2) is 5.40. The van der Waals surface area contributed by atoms with Crippen molar-refractivity contribution >= 4 is 17.4 Å². The second-order valence-corrected chi connectivity index (χ2v) is 7.12. The lowest BCUT2D eigenvalue weighted by molar-refractivity contribution is 0.192. The molecule has 1 aromatic heterocycles. The van der Waals surface area contributed by atoms with Gasteiger partial charge in [-0.2, -0.15) is 0 Å². The SMILES string of the molecule is Cc1c(Cl)nc(C2CC2)nc1NC1CCN2CCCCC12. The van der Waals surface area contributed by atoms with Crippen molar-refractivity contribution in [2.45, 2.75) is 63.5 Å². The van der Waals surface area contributed by atoms with Crippen LogP contribution in [0.3, 0.4) is 0 Å². The lowest BCUT2D eigenvalue weighted by Crippen LogP contribution is -2.42. The number of fused-ring (bicyclic) bond motifs is 1. The summed E-state index contributed by atoms with van der Waals surface area (Å²) in [6, 6.07) is 1.19. The third-order valence-corrected chi connectivity index (χ3v) is 5.59. The number of nitrogens with zero attached hydrogens (tertiary/aromatic N) is 3. The van der Waals surface area contributed by atoms with E-state index in [2.05, 4.69) is 15.2 Å². The summed E-state index contributed by atoms with van der Waals surface area (Å²) in [5.41, 5.74) is 0.996. The second-order valence-electron chi connectivity index (χ2n) is 6.76. The molecule has 3 heterocycles. The molecule has 0 amide bonds. The minimum Gasteiger partial charge on any atom is -0.365 e. The quantitative estimate of drug-likeness (QED) is 0.870. The smallest absolute Gasteiger partial charge is 0.137 e. The number of rotatable bonds is 3. The lowest BCUT2D eigenvalue weighted by atomic mass is 9.99. The van der Waals surface area contributed by atoms with Crippen molar-refractivity contribution in [3.8, 4) is 0 Å². The first-order valence-corrected chi connectivity index (χ1v) is 8.65. The molecule has 1 aromatic rings. The molecule has 0 aromatic carbocycles. The van der Waals surface area contributed by atoms with Gasteiger partial charge < -0.3 is 5.32 Å². The largest absolute Gasteiger partial charge is 0.365 e. The summed E-state index contributed by atoms with van der Waals surface area (Å²) >= 11 is 6.31. The van der Waals surface area contributed by atoms with Gasteiger partial charge in [-0.15, -0.1) is 0 Å². The Bertz CT molecular complexity index is 543. The van der Waals surface area contributed by atoms with E-state index in [4.69, 9.17) is 16.6 Å². The average Bonchev–Trinajstić information content (AvgIpc) is 3.26. The van der Waals surface area contributed by atoms with Crippen LogP contribution in [0.4, 0.5) is 5.82 Å². The first-order chi connectivity index (χ1) is 10.2. The van der Waals surface area contributed by atoms with Crippen molar-refractivity contribution in [1.29, 1.82) is 0 Å². The van der Waals surface area contributed by atoms with Crippen LogP contribution in [0.5, 0.6) is 0 Å². The van der Waals surface area contributed by atoms with Gasteiger partial charge in [-0.1, -0.05) is 18.0 Å². The predicted octanol–water partition coefficient (Wildman–Crippen LogP) is 3.35. The zero-order valence-electron chi connectivity index (χ0n) is 12.6. The van der Waals surface area contributed by atoms with Crippen LogP contribution in [-0.4, -0.2) is 40.0 Å². The number of anilines is 1. The van der Waals surface area contributed by atoms with Gasteiger partial charge in [0.25, 0.3) is 0 Å². The molecule has 0 radical (unpaired) electrons. The number of halogens is 1. The minimum atomic E-state index is 0.516. The highest BCUT2D eigenvalue weighted by molar-refractivity contribution is 6.30. The van der Waals surface area contributed by atoms with Gasteiger partial charge in [-0.25, -0.2) is 9.97 Å². The van der Waals surface area contributed by atoms with Gasteiger partial charge in [0.2, 0.25) is 0 Å². The molecule has 0 spiro atoms. The van der Waals surface area contributed by atoms with Gasteiger partial charge in [-0.3, -0.25) is 4.90 Å². The number of piperidine rings is 1. The molecule has 0 bridgehead atoms. The van der Waals surface area contributed by atoms with E-state index in [1.165, 1.54) is 51.6 Å². The lowest BCUT2D eigenvalue weighted by Gasteiger charge is -2.33. The molecular formula is C16H23ClN4. The number of aromatic nitrogens is 2. The van der Waals surface area contributed by atoms with E-state index in [9.17, 15) is 0 Å². The Balaban J connectivity index is 1.56. The molecule has 3 aliphatic rings. The van der Waals surface area contributed by atoms with Gasteiger partial charge in [0.15, 0.2) is 0 Å². The Morgan fingerprint density at radius 1 is 1.10 bits per heavy atom. The Labute approximate surface area is 131 Å². The number of hydrogen-bond donors (Lipinski definition) is 1. The molecular weight excluding hydrogens is 284 g/mol. The summed E-state index contributed by atoms with van der Waals surface area (Å²) in [6.07, 6.45) is 7.65. The third kappa shape index (κ3) is 2.64. The molecule has 1 N–H and O–H groups in total. The molecule has 2 unspecified atom stereocenters. The summed E-state index contributed by atoms with van der Waals surface area (Å²) in [7, 11) is 0. The van der Waals surface area contributed by atoms with Crippen LogP contribution >= 0.6 is 11.6 Å². The summed E-state index contributed by atoms with van der Waals surface area (Å²) in [5, 5.41) is 4.31. The Hall–Kier alpha value is -0.870. The third-order valence-electron chi connectivity index (χ3n) is 5.22. The van der Waals surface area contributed by atoms with Crippen LogP contribution in [0.1, 0.15) is 55.8 Å². The Morgan fingerprint density at radius 3 is 2.76 bits per heavy atom. The maximum absolute atomic E-state index is 6.31. The van der Waals surface area contributed by atoms with Crippen molar-refractivity contribution in [2.75, 3.05) is 18.4 Å². The van der Waals surface area contributed by atoms with Crippen molar-refractivity contribution in [3.05, 3.63) is 16.5 Å². The molecule has 114 valence electrons. The van der Waals surface area contributed by atoms with Gasteiger partial charge in [0.05, 0.1) is 0 Å². The predicted molar refractivity (Wildman–Crippen MR) is 85.0 cm³/mol. The zero-order chi connectivity index (χ0) is 14.4. The molecule has 1 aliphatic carbocycles. The van der Waals surface area contributed by atoms with Crippen molar-refractivity contribution in [3.63, 3.8) is 0 Å². The number of hydrogen-bond acceptors (Lipinski definition) is 4. The van der Waals surface area contributed by atoms with E-state index >= 15 is 0 Å². The van der Waals surface area contributed by atoms with Gasteiger partial charge in [0, 0.05) is 30.1 Å². The topological polar surface area (TPSA) is 41.1 Å². The van der Waals surface area contributed by atoms with Crippen LogP contribution in [0.15, 0.2) is 0 Å². The zero-order valence-corrected chi connectivity index (χ0v) is 13.4. The summed E-state index contributed by atoms with van der Waals surface area (Å²) in [4.78, 5) is 11.9. The van der Waals surface area contributed by atoms with Crippen LogP contribution in [0.2, 0.25) is 5.15 Å². The maximum atomic E-state index is 6.31. The average molecular weight is 307 g/mol. The molecule has 2 aliphatic heterocycles. The Kier molecular flexibility index (Phi) is 3.54. The van der Waals surface area contributed by atoms with E-state index in [0.717, 1.165) is 17.2 Å². The molecule has 21 heavy (non-hydrogen) atoms. The summed E-state index contributed by atoms with van der Waals surface area (Å²) < 4.78 is 0. The molecule has 2 atom stereocenters. The molecule has 4 nitrogen and oxygen atoms in total. The Morgan fingerprint density at radius 2 is 1.95 bits per heavy atom. The van der Waals surface area contributed by atoms with Crippen molar-refractivity contribution in [2.24, 2.45) is 0 Å². The minimum absolute atomic E-state index is 0.516. The van der Waals surface area contributed by atoms with E-state index in [-0.39, 0.29) is 0 Å². The van der Waals surface area contributed by atoms with Gasteiger partial charge in [-0.05, 0) is 45.6 Å². The first kappa shape index (κ1) is 13.8.